The minimum atomic E-state index is -0.102. The normalized spacial score (nSPS) is 12.3. The maximum Gasteiger partial charge on any atom is 0.227 e. The van der Waals surface area contributed by atoms with Gasteiger partial charge in [-0.3, -0.25) is 4.98 Å². The lowest BCUT2D eigenvalue weighted by Crippen LogP contribution is -2.27. The number of fused-ring (bicyclic) bond motifs is 1. The van der Waals surface area contributed by atoms with Crippen LogP contribution in [0.3, 0.4) is 0 Å². The summed E-state index contributed by atoms with van der Waals surface area (Å²) in [5.41, 5.74) is 4.80. The second-order valence-corrected chi connectivity index (χ2v) is 8.65. The van der Waals surface area contributed by atoms with Gasteiger partial charge >= 0.3 is 0 Å². The summed E-state index contributed by atoms with van der Waals surface area (Å²) >= 11 is 0. The number of pyridine rings is 1. The van der Waals surface area contributed by atoms with E-state index in [1.165, 1.54) is 5.56 Å². The summed E-state index contributed by atoms with van der Waals surface area (Å²) in [6.07, 6.45) is 4.41. The summed E-state index contributed by atoms with van der Waals surface area (Å²) in [5.74, 6) is 1.30. The number of nitrogens with zero attached hydrogens (tertiary/aromatic N) is 6. The summed E-state index contributed by atoms with van der Waals surface area (Å²) in [6.45, 7) is 9.84. The van der Waals surface area contributed by atoms with E-state index in [9.17, 15) is 5.11 Å². The maximum absolute atomic E-state index is 9.68. The molecular weight excluding hydrogens is 426 g/mol. The predicted octanol–water partition coefficient (Wildman–Crippen LogP) is 4.68. The molecule has 0 amide bonds. The molecule has 3 heterocycles. The van der Waals surface area contributed by atoms with Crippen LogP contribution in [0.4, 0.5) is 11.8 Å². The molecule has 1 atom stereocenters. The van der Waals surface area contributed by atoms with Gasteiger partial charge in [-0.05, 0) is 44.9 Å². The average Bonchev–Trinajstić information content (AvgIpc) is 3.30. The third-order valence-corrected chi connectivity index (χ3v) is 5.98. The van der Waals surface area contributed by atoms with Gasteiger partial charge in [0, 0.05) is 30.9 Å². The smallest absolute Gasteiger partial charge is 0.227 e. The Morgan fingerprint density at radius 2 is 1.82 bits per heavy atom. The number of aliphatic hydroxyl groups is 1. The molecule has 0 radical (unpaired) electrons. The fourth-order valence-corrected chi connectivity index (χ4v) is 3.90. The molecule has 0 saturated heterocycles. The molecule has 1 unspecified atom stereocenters. The van der Waals surface area contributed by atoms with Crippen LogP contribution in [0, 0.1) is 0 Å². The van der Waals surface area contributed by atoms with Crippen molar-refractivity contribution in [1.82, 2.24) is 24.5 Å². The van der Waals surface area contributed by atoms with Crippen LogP contribution in [0.1, 0.15) is 45.7 Å². The Balaban J connectivity index is 1.68. The third-order valence-electron chi connectivity index (χ3n) is 5.98. The van der Waals surface area contributed by atoms with Crippen LogP contribution in [-0.2, 0) is 6.54 Å². The SMILES string of the molecule is CCC(CO)Nc1nc(N(CC)Cc2ccc(-c3ccccn3)cc2)c2ncn(C(C)C)c2n1. The zero-order valence-electron chi connectivity index (χ0n) is 20.3. The first-order valence-electron chi connectivity index (χ1n) is 11.9. The topological polar surface area (TPSA) is 92.0 Å². The first-order valence-corrected chi connectivity index (χ1v) is 11.9. The number of anilines is 2. The van der Waals surface area contributed by atoms with Crippen LogP contribution in [0.25, 0.3) is 22.4 Å². The lowest BCUT2D eigenvalue weighted by molar-refractivity contribution is 0.271. The Hall–Kier alpha value is -3.52. The predicted molar refractivity (Wildman–Crippen MR) is 137 cm³/mol. The van der Waals surface area contributed by atoms with Crippen molar-refractivity contribution in [2.75, 3.05) is 23.4 Å². The van der Waals surface area contributed by atoms with Crippen LogP contribution >= 0.6 is 0 Å². The first-order chi connectivity index (χ1) is 16.5. The van der Waals surface area contributed by atoms with Crippen molar-refractivity contribution in [3.63, 3.8) is 0 Å². The molecule has 0 bridgehead atoms. The van der Waals surface area contributed by atoms with Crippen molar-refractivity contribution in [3.05, 3.63) is 60.6 Å². The lowest BCUT2D eigenvalue weighted by Gasteiger charge is -2.24. The number of hydrogen-bond donors (Lipinski definition) is 2. The number of hydrogen-bond acceptors (Lipinski definition) is 7. The summed E-state index contributed by atoms with van der Waals surface area (Å²) in [6, 6.07) is 14.5. The number of nitrogens with one attached hydrogen (secondary N) is 1. The van der Waals surface area contributed by atoms with Crippen molar-refractivity contribution >= 4 is 22.9 Å². The number of aromatic nitrogens is 5. The zero-order chi connectivity index (χ0) is 24.1. The van der Waals surface area contributed by atoms with Crippen LogP contribution in [0.15, 0.2) is 55.0 Å². The van der Waals surface area contributed by atoms with E-state index < -0.39 is 0 Å². The molecule has 4 rings (SSSR count). The fraction of sp³-hybridized carbons (Fsp3) is 0.385. The van der Waals surface area contributed by atoms with Crippen molar-refractivity contribution in [2.24, 2.45) is 0 Å². The van der Waals surface area contributed by atoms with Gasteiger partial charge < -0.3 is 19.9 Å². The summed E-state index contributed by atoms with van der Waals surface area (Å²) < 4.78 is 2.06. The Labute approximate surface area is 200 Å². The molecule has 0 aliphatic carbocycles. The fourth-order valence-electron chi connectivity index (χ4n) is 3.90. The maximum atomic E-state index is 9.68. The molecule has 0 spiro atoms. The molecule has 2 N–H and O–H groups in total. The molecule has 34 heavy (non-hydrogen) atoms. The molecule has 8 nitrogen and oxygen atoms in total. The van der Waals surface area contributed by atoms with Crippen molar-refractivity contribution in [3.8, 4) is 11.3 Å². The largest absolute Gasteiger partial charge is 0.394 e. The van der Waals surface area contributed by atoms with Crippen LogP contribution in [-0.4, -0.2) is 48.8 Å². The molecule has 0 aliphatic rings. The van der Waals surface area contributed by atoms with Crippen LogP contribution in [0.2, 0.25) is 0 Å². The highest BCUT2D eigenvalue weighted by molar-refractivity contribution is 5.85. The van der Waals surface area contributed by atoms with Crippen LogP contribution in [0.5, 0.6) is 0 Å². The molecule has 8 heteroatoms. The molecular formula is C26H33N7O. The molecule has 0 aliphatic heterocycles. The van der Waals surface area contributed by atoms with Crippen LogP contribution < -0.4 is 10.2 Å². The Bertz CT molecular complexity index is 1200. The van der Waals surface area contributed by atoms with Gasteiger partial charge in [-0.1, -0.05) is 37.3 Å². The lowest BCUT2D eigenvalue weighted by atomic mass is 10.1. The molecule has 0 fully saturated rings. The van der Waals surface area contributed by atoms with E-state index in [0.29, 0.717) is 12.5 Å². The van der Waals surface area contributed by atoms with Crippen molar-refractivity contribution in [2.45, 2.75) is 52.7 Å². The van der Waals surface area contributed by atoms with Gasteiger partial charge in [-0.2, -0.15) is 9.97 Å². The average molecular weight is 460 g/mol. The molecule has 3 aromatic heterocycles. The number of aliphatic hydroxyl groups excluding tert-OH is 1. The Morgan fingerprint density at radius 3 is 2.44 bits per heavy atom. The number of rotatable bonds is 10. The molecule has 1 aromatic carbocycles. The first kappa shape index (κ1) is 23.6. The minimum absolute atomic E-state index is 0.0246. The van der Waals surface area contributed by atoms with E-state index in [4.69, 9.17) is 9.97 Å². The van der Waals surface area contributed by atoms with Gasteiger partial charge in [-0.15, -0.1) is 0 Å². The summed E-state index contributed by atoms with van der Waals surface area (Å²) in [4.78, 5) is 20.9. The van der Waals surface area contributed by atoms with Gasteiger partial charge in [0.25, 0.3) is 0 Å². The molecule has 0 saturated carbocycles. The van der Waals surface area contributed by atoms with Gasteiger partial charge in [0.15, 0.2) is 17.0 Å². The van der Waals surface area contributed by atoms with E-state index in [0.717, 1.165) is 41.2 Å². The van der Waals surface area contributed by atoms with Gasteiger partial charge in [-0.25, -0.2) is 4.98 Å². The highest BCUT2D eigenvalue weighted by Gasteiger charge is 2.20. The Kier molecular flexibility index (Phi) is 7.37. The van der Waals surface area contributed by atoms with Crippen molar-refractivity contribution < 1.29 is 5.11 Å². The molecule has 178 valence electrons. The third kappa shape index (κ3) is 5.02. The minimum Gasteiger partial charge on any atom is -0.394 e. The van der Waals surface area contributed by atoms with Gasteiger partial charge in [0.05, 0.1) is 24.7 Å². The number of benzene rings is 1. The zero-order valence-corrected chi connectivity index (χ0v) is 20.3. The van der Waals surface area contributed by atoms with E-state index in [1.807, 2.05) is 37.6 Å². The summed E-state index contributed by atoms with van der Waals surface area (Å²) in [7, 11) is 0. The highest BCUT2D eigenvalue weighted by atomic mass is 16.3. The number of imidazole rings is 1. The van der Waals surface area contributed by atoms with E-state index >= 15 is 0 Å². The Morgan fingerprint density at radius 1 is 1.03 bits per heavy atom. The monoisotopic (exact) mass is 459 g/mol. The standard InChI is InChI=1S/C26H33N7O/c1-5-21(16-34)29-26-30-24(23-25(31-26)33(17-28-23)18(3)4)32(6-2)15-19-10-12-20(13-11-19)22-9-7-8-14-27-22/h7-14,17-18,21,34H,5-6,15-16H2,1-4H3,(H,29,30,31). The van der Waals surface area contributed by atoms with E-state index in [1.54, 1.807) is 0 Å². The van der Waals surface area contributed by atoms with Crippen molar-refractivity contribution in [1.29, 1.82) is 0 Å². The second-order valence-electron chi connectivity index (χ2n) is 8.65. The van der Waals surface area contributed by atoms with Gasteiger partial charge in [0.1, 0.15) is 0 Å². The second kappa shape index (κ2) is 10.6. The van der Waals surface area contributed by atoms with E-state index in [2.05, 4.69) is 69.8 Å². The quantitative estimate of drug-likeness (QED) is 0.356. The highest BCUT2D eigenvalue weighted by Crippen LogP contribution is 2.28. The van der Waals surface area contributed by atoms with Gasteiger partial charge in [0.2, 0.25) is 5.95 Å². The summed E-state index contributed by atoms with van der Waals surface area (Å²) in [5, 5.41) is 13.0. The van der Waals surface area contributed by atoms with E-state index in [-0.39, 0.29) is 18.7 Å². The molecule has 4 aromatic rings.